The highest BCUT2D eigenvalue weighted by Gasteiger charge is 2.10. The molecule has 2 N–H and O–H groups in total. The van der Waals surface area contributed by atoms with Crippen molar-refractivity contribution in [1.29, 1.82) is 0 Å². The molecule has 0 atom stereocenters. The summed E-state index contributed by atoms with van der Waals surface area (Å²) in [7, 11) is 0. The van der Waals surface area contributed by atoms with Crippen LogP contribution in [-0.2, 0) is 9.53 Å². The van der Waals surface area contributed by atoms with Crippen molar-refractivity contribution in [3.8, 4) is 0 Å². The van der Waals surface area contributed by atoms with Crippen LogP contribution >= 0.6 is 0 Å². The molecule has 1 aliphatic heterocycles. The molecule has 0 bridgehead atoms. The first-order valence-corrected chi connectivity index (χ1v) is 7.11. The fourth-order valence-corrected chi connectivity index (χ4v) is 2.16. The van der Waals surface area contributed by atoms with Gasteiger partial charge in [0.25, 0.3) is 5.91 Å². The first-order chi connectivity index (χ1) is 10.1. The van der Waals surface area contributed by atoms with Gasteiger partial charge in [-0.05, 0) is 24.3 Å². The van der Waals surface area contributed by atoms with Crippen LogP contribution in [0, 0.1) is 0 Å². The molecule has 0 radical (unpaired) electrons. The Morgan fingerprint density at radius 1 is 1.19 bits per heavy atom. The third-order valence-electron chi connectivity index (χ3n) is 3.28. The quantitative estimate of drug-likeness (QED) is 0.838. The summed E-state index contributed by atoms with van der Waals surface area (Å²) in [5.41, 5.74) is 1.28. The predicted molar refractivity (Wildman–Crippen MR) is 80.3 cm³/mol. The molecule has 1 aromatic carbocycles. The number of anilines is 1. The fourth-order valence-electron chi connectivity index (χ4n) is 2.16. The normalized spacial score (nSPS) is 15.5. The minimum Gasteiger partial charge on any atom is -0.379 e. The zero-order valence-electron chi connectivity index (χ0n) is 12.2. The van der Waals surface area contributed by atoms with Gasteiger partial charge in [-0.15, -0.1) is 0 Å². The molecule has 114 valence electrons. The molecule has 6 nitrogen and oxygen atoms in total. The summed E-state index contributed by atoms with van der Waals surface area (Å²) in [4.78, 5) is 25.2. The smallest absolute Gasteiger partial charge is 0.251 e. The lowest BCUT2D eigenvalue weighted by Gasteiger charge is -2.26. The summed E-state index contributed by atoms with van der Waals surface area (Å²) in [5.74, 6) is -0.227. The standard InChI is InChI=1S/C15H21N3O3/c1-12(19)17-14-4-2-13(3-5-14)15(20)16-6-7-18-8-10-21-11-9-18/h2-5H,6-11H2,1H3,(H,16,20)(H,17,19). The van der Waals surface area contributed by atoms with Gasteiger partial charge in [0.05, 0.1) is 13.2 Å². The van der Waals surface area contributed by atoms with E-state index < -0.39 is 0 Å². The van der Waals surface area contributed by atoms with Crippen LogP contribution in [0.1, 0.15) is 17.3 Å². The summed E-state index contributed by atoms with van der Waals surface area (Å²) in [6.07, 6.45) is 0. The minimum atomic E-state index is -0.127. The monoisotopic (exact) mass is 291 g/mol. The number of hydrogen-bond acceptors (Lipinski definition) is 4. The third-order valence-corrected chi connectivity index (χ3v) is 3.28. The lowest BCUT2D eigenvalue weighted by Crippen LogP contribution is -2.41. The van der Waals surface area contributed by atoms with E-state index in [0.717, 1.165) is 32.8 Å². The Bertz CT molecular complexity index is 481. The Balaban J connectivity index is 1.75. The molecule has 6 heteroatoms. The van der Waals surface area contributed by atoms with E-state index in [2.05, 4.69) is 15.5 Å². The van der Waals surface area contributed by atoms with Gasteiger partial charge in [-0.25, -0.2) is 0 Å². The summed E-state index contributed by atoms with van der Waals surface area (Å²) in [5, 5.41) is 5.57. The van der Waals surface area contributed by atoms with E-state index in [1.165, 1.54) is 6.92 Å². The topological polar surface area (TPSA) is 70.7 Å². The molecule has 0 spiro atoms. The van der Waals surface area contributed by atoms with Crippen LogP contribution in [-0.4, -0.2) is 56.1 Å². The maximum Gasteiger partial charge on any atom is 0.251 e. The number of hydrogen-bond donors (Lipinski definition) is 2. The summed E-state index contributed by atoms with van der Waals surface area (Å²) < 4.78 is 5.28. The second-order valence-corrected chi connectivity index (χ2v) is 4.97. The van der Waals surface area contributed by atoms with E-state index in [0.29, 0.717) is 17.8 Å². The van der Waals surface area contributed by atoms with E-state index in [9.17, 15) is 9.59 Å². The van der Waals surface area contributed by atoms with Gasteiger partial charge in [0, 0.05) is 44.4 Å². The van der Waals surface area contributed by atoms with E-state index in [-0.39, 0.29) is 11.8 Å². The van der Waals surface area contributed by atoms with Crippen LogP contribution in [0.5, 0.6) is 0 Å². The number of amides is 2. The van der Waals surface area contributed by atoms with Crippen LogP contribution in [0.15, 0.2) is 24.3 Å². The molecule has 0 saturated carbocycles. The number of ether oxygens (including phenoxy) is 1. The molecule has 1 heterocycles. The number of carbonyl (C=O) groups is 2. The van der Waals surface area contributed by atoms with Crippen molar-refractivity contribution in [3.05, 3.63) is 29.8 Å². The van der Waals surface area contributed by atoms with Crippen LogP contribution in [0.4, 0.5) is 5.69 Å². The molecule has 0 aliphatic carbocycles. The van der Waals surface area contributed by atoms with Crippen molar-refractivity contribution < 1.29 is 14.3 Å². The molecular weight excluding hydrogens is 270 g/mol. The molecule has 2 amide bonds. The summed E-state index contributed by atoms with van der Waals surface area (Å²) in [6.45, 7) is 6.26. The van der Waals surface area contributed by atoms with E-state index in [1.54, 1.807) is 24.3 Å². The first kappa shape index (κ1) is 15.5. The zero-order chi connectivity index (χ0) is 15.1. The van der Waals surface area contributed by atoms with E-state index >= 15 is 0 Å². The van der Waals surface area contributed by atoms with Crippen molar-refractivity contribution in [1.82, 2.24) is 10.2 Å². The predicted octanol–water partition coefficient (Wildman–Crippen LogP) is 0.707. The molecule has 1 aromatic rings. The fraction of sp³-hybridized carbons (Fsp3) is 0.467. The number of carbonyl (C=O) groups excluding carboxylic acids is 2. The Hall–Kier alpha value is -1.92. The van der Waals surface area contributed by atoms with Gasteiger partial charge in [-0.1, -0.05) is 0 Å². The SMILES string of the molecule is CC(=O)Nc1ccc(C(=O)NCCN2CCOCC2)cc1. The highest BCUT2D eigenvalue weighted by Crippen LogP contribution is 2.09. The van der Waals surface area contributed by atoms with Gasteiger partial charge in [-0.3, -0.25) is 14.5 Å². The molecule has 1 fully saturated rings. The lowest BCUT2D eigenvalue weighted by molar-refractivity contribution is -0.114. The molecule has 1 saturated heterocycles. The van der Waals surface area contributed by atoms with Crippen LogP contribution in [0.3, 0.4) is 0 Å². The zero-order valence-corrected chi connectivity index (χ0v) is 12.2. The number of morpholine rings is 1. The van der Waals surface area contributed by atoms with Crippen molar-refractivity contribution in [2.45, 2.75) is 6.92 Å². The molecule has 1 aliphatic rings. The highest BCUT2D eigenvalue weighted by molar-refractivity contribution is 5.95. The van der Waals surface area contributed by atoms with Gasteiger partial charge < -0.3 is 15.4 Å². The number of benzene rings is 1. The number of rotatable bonds is 5. The van der Waals surface area contributed by atoms with E-state index in [1.807, 2.05) is 0 Å². The van der Waals surface area contributed by atoms with Crippen LogP contribution in [0.2, 0.25) is 0 Å². The van der Waals surface area contributed by atoms with Crippen molar-refractivity contribution in [2.24, 2.45) is 0 Å². The van der Waals surface area contributed by atoms with Gasteiger partial charge in [0.1, 0.15) is 0 Å². The maximum atomic E-state index is 12.0. The Labute approximate surface area is 124 Å². The largest absolute Gasteiger partial charge is 0.379 e. The Kier molecular flexibility index (Phi) is 5.71. The average Bonchev–Trinajstić information content (AvgIpc) is 2.48. The summed E-state index contributed by atoms with van der Waals surface area (Å²) in [6, 6.07) is 6.85. The van der Waals surface area contributed by atoms with Crippen LogP contribution in [0.25, 0.3) is 0 Å². The highest BCUT2D eigenvalue weighted by atomic mass is 16.5. The van der Waals surface area contributed by atoms with Gasteiger partial charge in [0.2, 0.25) is 5.91 Å². The van der Waals surface area contributed by atoms with E-state index in [4.69, 9.17) is 4.74 Å². The second kappa shape index (κ2) is 7.75. The summed E-state index contributed by atoms with van der Waals surface area (Å²) >= 11 is 0. The average molecular weight is 291 g/mol. The Morgan fingerprint density at radius 2 is 1.86 bits per heavy atom. The van der Waals surface area contributed by atoms with Crippen molar-refractivity contribution in [3.63, 3.8) is 0 Å². The van der Waals surface area contributed by atoms with Gasteiger partial charge in [-0.2, -0.15) is 0 Å². The maximum absolute atomic E-state index is 12.0. The Morgan fingerprint density at radius 3 is 2.48 bits per heavy atom. The second-order valence-electron chi connectivity index (χ2n) is 4.97. The van der Waals surface area contributed by atoms with Crippen LogP contribution < -0.4 is 10.6 Å². The molecular formula is C15H21N3O3. The minimum absolute atomic E-state index is 0.0994. The van der Waals surface area contributed by atoms with Crippen molar-refractivity contribution in [2.75, 3.05) is 44.7 Å². The lowest BCUT2D eigenvalue weighted by atomic mass is 10.2. The molecule has 2 rings (SSSR count). The molecule has 0 unspecified atom stereocenters. The molecule has 0 aromatic heterocycles. The number of nitrogens with one attached hydrogen (secondary N) is 2. The van der Waals surface area contributed by atoms with Gasteiger partial charge >= 0.3 is 0 Å². The number of nitrogens with zero attached hydrogens (tertiary/aromatic N) is 1. The first-order valence-electron chi connectivity index (χ1n) is 7.11. The molecule has 21 heavy (non-hydrogen) atoms. The van der Waals surface area contributed by atoms with Crippen molar-refractivity contribution >= 4 is 17.5 Å². The van der Waals surface area contributed by atoms with Gasteiger partial charge in [0.15, 0.2) is 0 Å². The third kappa shape index (κ3) is 5.17.